The van der Waals surface area contributed by atoms with Gasteiger partial charge in [0.15, 0.2) is 0 Å². The van der Waals surface area contributed by atoms with Crippen LogP contribution < -0.4 is 5.73 Å². The highest BCUT2D eigenvalue weighted by Gasteiger charge is 2.24. The monoisotopic (exact) mass is 245 g/mol. The Balaban J connectivity index is 3.00. The minimum Gasteiger partial charge on any atom is -0.326 e. The molecule has 0 fully saturated rings. The molecule has 0 aliphatic rings. The molecule has 1 aromatic rings. The molecule has 3 heteroatoms. The Hall–Kier alpha value is -1.37. The SMILES string of the molecule is Cc1cccc(C(C(C)N)N(C)C(C)CC#N)c1. The fourth-order valence-electron chi connectivity index (χ4n) is 2.31. The van der Waals surface area contributed by atoms with Crippen LogP contribution in [0.3, 0.4) is 0 Å². The van der Waals surface area contributed by atoms with Gasteiger partial charge in [-0.25, -0.2) is 0 Å². The van der Waals surface area contributed by atoms with E-state index in [2.05, 4.69) is 49.1 Å². The first-order valence-electron chi connectivity index (χ1n) is 6.38. The average molecular weight is 245 g/mol. The number of benzene rings is 1. The van der Waals surface area contributed by atoms with Crippen LogP contribution in [0, 0.1) is 18.3 Å². The maximum Gasteiger partial charge on any atom is 0.0638 e. The third-order valence-electron chi connectivity index (χ3n) is 3.40. The minimum absolute atomic E-state index is 0.0259. The third-order valence-corrected chi connectivity index (χ3v) is 3.40. The zero-order chi connectivity index (χ0) is 13.7. The molecule has 98 valence electrons. The molecule has 0 aromatic heterocycles. The fraction of sp³-hybridized carbons (Fsp3) is 0.533. The number of rotatable bonds is 5. The Kier molecular flexibility index (Phi) is 5.33. The number of hydrogen-bond acceptors (Lipinski definition) is 3. The van der Waals surface area contributed by atoms with Crippen molar-refractivity contribution in [2.75, 3.05) is 7.05 Å². The van der Waals surface area contributed by atoms with Crippen LogP contribution in [0.4, 0.5) is 0 Å². The summed E-state index contributed by atoms with van der Waals surface area (Å²) >= 11 is 0. The maximum atomic E-state index is 8.81. The van der Waals surface area contributed by atoms with Crippen molar-refractivity contribution in [3.05, 3.63) is 35.4 Å². The summed E-state index contributed by atoms with van der Waals surface area (Å²) in [7, 11) is 2.04. The summed E-state index contributed by atoms with van der Waals surface area (Å²) in [4.78, 5) is 2.20. The summed E-state index contributed by atoms with van der Waals surface area (Å²) in [6.07, 6.45) is 0.519. The van der Waals surface area contributed by atoms with Crippen LogP contribution in [0.25, 0.3) is 0 Å². The molecule has 3 nitrogen and oxygen atoms in total. The molecular formula is C15H23N3. The van der Waals surface area contributed by atoms with Crippen LogP contribution in [-0.2, 0) is 0 Å². The van der Waals surface area contributed by atoms with Crippen LogP contribution >= 0.6 is 0 Å². The standard InChI is InChI=1S/C15H23N3/c1-11-6-5-7-14(10-11)15(13(3)17)18(4)12(2)8-9-16/h5-7,10,12-13,15H,8,17H2,1-4H3. The van der Waals surface area contributed by atoms with Gasteiger partial charge in [0.05, 0.1) is 12.5 Å². The van der Waals surface area contributed by atoms with Gasteiger partial charge in [-0.05, 0) is 33.4 Å². The van der Waals surface area contributed by atoms with Crippen molar-refractivity contribution in [3.8, 4) is 6.07 Å². The predicted octanol–water partition coefficient (Wildman–Crippen LogP) is 2.62. The third kappa shape index (κ3) is 3.56. The molecule has 0 heterocycles. The molecule has 0 bridgehead atoms. The first kappa shape index (κ1) is 14.7. The molecule has 0 aliphatic carbocycles. The Morgan fingerprint density at radius 1 is 1.39 bits per heavy atom. The quantitative estimate of drug-likeness (QED) is 0.867. The van der Waals surface area contributed by atoms with Gasteiger partial charge < -0.3 is 5.73 Å². The lowest BCUT2D eigenvalue weighted by atomic mass is 9.96. The summed E-state index contributed by atoms with van der Waals surface area (Å²) in [6, 6.07) is 11.0. The van der Waals surface area contributed by atoms with Gasteiger partial charge in [-0.1, -0.05) is 29.8 Å². The highest BCUT2D eigenvalue weighted by molar-refractivity contribution is 5.26. The Morgan fingerprint density at radius 3 is 2.56 bits per heavy atom. The van der Waals surface area contributed by atoms with Gasteiger partial charge in [0.2, 0.25) is 0 Å². The number of nitriles is 1. The van der Waals surface area contributed by atoms with Gasteiger partial charge >= 0.3 is 0 Å². The van der Waals surface area contributed by atoms with E-state index in [1.807, 2.05) is 14.0 Å². The fourth-order valence-corrected chi connectivity index (χ4v) is 2.31. The zero-order valence-corrected chi connectivity index (χ0v) is 11.7. The van der Waals surface area contributed by atoms with E-state index in [0.29, 0.717) is 6.42 Å². The molecule has 0 saturated carbocycles. The van der Waals surface area contributed by atoms with E-state index in [-0.39, 0.29) is 18.1 Å². The zero-order valence-electron chi connectivity index (χ0n) is 11.7. The molecule has 1 rings (SSSR count). The van der Waals surface area contributed by atoms with E-state index in [1.165, 1.54) is 11.1 Å². The van der Waals surface area contributed by atoms with Crippen LogP contribution in [-0.4, -0.2) is 24.0 Å². The lowest BCUT2D eigenvalue weighted by Crippen LogP contribution is -2.41. The van der Waals surface area contributed by atoms with Crippen LogP contribution in [0.5, 0.6) is 0 Å². The minimum atomic E-state index is 0.0259. The van der Waals surface area contributed by atoms with Gasteiger partial charge in [0, 0.05) is 18.1 Å². The lowest BCUT2D eigenvalue weighted by Gasteiger charge is -2.35. The summed E-state index contributed by atoms with van der Waals surface area (Å²) in [5, 5.41) is 8.81. The Morgan fingerprint density at radius 2 is 2.06 bits per heavy atom. The molecule has 0 aliphatic heterocycles. The first-order chi connectivity index (χ1) is 8.47. The molecule has 1 aromatic carbocycles. The van der Waals surface area contributed by atoms with E-state index >= 15 is 0 Å². The molecule has 0 amide bonds. The van der Waals surface area contributed by atoms with Crippen LogP contribution in [0.1, 0.15) is 37.4 Å². The molecule has 0 radical (unpaired) electrons. The molecule has 3 atom stereocenters. The van der Waals surface area contributed by atoms with Crippen molar-refractivity contribution in [3.63, 3.8) is 0 Å². The van der Waals surface area contributed by atoms with E-state index in [0.717, 1.165) is 0 Å². The van der Waals surface area contributed by atoms with Gasteiger partial charge in [-0.2, -0.15) is 5.26 Å². The van der Waals surface area contributed by atoms with E-state index in [4.69, 9.17) is 11.0 Å². The van der Waals surface area contributed by atoms with Crippen molar-refractivity contribution >= 4 is 0 Å². The predicted molar refractivity (Wildman–Crippen MR) is 75.0 cm³/mol. The van der Waals surface area contributed by atoms with Crippen molar-refractivity contribution < 1.29 is 0 Å². The second-order valence-electron chi connectivity index (χ2n) is 5.09. The molecule has 3 unspecified atom stereocenters. The molecule has 18 heavy (non-hydrogen) atoms. The summed E-state index contributed by atoms with van der Waals surface area (Å²) in [5.74, 6) is 0. The number of nitrogens with zero attached hydrogens (tertiary/aromatic N) is 2. The molecule has 2 N–H and O–H groups in total. The van der Waals surface area contributed by atoms with E-state index < -0.39 is 0 Å². The second-order valence-corrected chi connectivity index (χ2v) is 5.09. The number of nitrogens with two attached hydrogens (primary N) is 1. The van der Waals surface area contributed by atoms with Gasteiger partial charge in [0.1, 0.15) is 0 Å². The molecular weight excluding hydrogens is 222 g/mol. The van der Waals surface area contributed by atoms with Crippen molar-refractivity contribution in [2.45, 2.75) is 45.3 Å². The van der Waals surface area contributed by atoms with E-state index in [9.17, 15) is 0 Å². The highest BCUT2D eigenvalue weighted by atomic mass is 15.2. The number of likely N-dealkylation sites (N-methyl/N-ethyl adjacent to an activating group) is 1. The van der Waals surface area contributed by atoms with Crippen molar-refractivity contribution in [1.82, 2.24) is 4.90 Å². The molecule has 0 saturated heterocycles. The maximum absolute atomic E-state index is 8.81. The highest BCUT2D eigenvalue weighted by Crippen LogP contribution is 2.25. The topological polar surface area (TPSA) is 53.0 Å². The van der Waals surface area contributed by atoms with Gasteiger partial charge in [0.25, 0.3) is 0 Å². The molecule has 0 spiro atoms. The smallest absolute Gasteiger partial charge is 0.0638 e. The normalized spacial score (nSPS) is 16.1. The van der Waals surface area contributed by atoms with Crippen LogP contribution in [0.2, 0.25) is 0 Å². The second kappa shape index (κ2) is 6.53. The average Bonchev–Trinajstić information content (AvgIpc) is 2.29. The van der Waals surface area contributed by atoms with Crippen LogP contribution in [0.15, 0.2) is 24.3 Å². The number of aryl methyl sites for hydroxylation is 1. The van der Waals surface area contributed by atoms with Crippen molar-refractivity contribution in [2.24, 2.45) is 5.73 Å². The Labute approximate surface area is 110 Å². The van der Waals surface area contributed by atoms with Gasteiger partial charge in [-0.15, -0.1) is 0 Å². The van der Waals surface area contributed by atoms with Crippen molar-refractivity contribution in [1.29, 1.82) is 5.26 Å². The largest absolute Gasteiger partial charge is 0.326 e. The number of hydrogen-bond donors (Lipinski definition) is 1. The first-order valence-corrected chi connectivity index (χ1v) is 6.38. The summed E-state index contributed by atoms with van der Waals surface area (Å²) in [6.45, 7) is 6.16. The summed E-state index contributed by atoms with van der Waals surface area (Å²) in [5.41, 5.74) is 8.58. The van der Waals surface area contributed by atoms with Gasteiger partial charge in [-0.3, -0.25) is 4.90 Å². The lowest BCUT2D eigenvalue weighted by molar-refractivity contribution is 0.167. The summed E-state index contributed by atoms with van der Waals surface area (Å²) < 4.78 is 0. The van der Waals surface area contributed by atoms with E-state index in [1.54, 1.807) is 0 Å². The Bertz CT molecular complexity index is 420.